The van der Waals surface area contributed by atoms with Crippen LogP contribution in [0.15, 0.2) is 12.1 Å². The molecule has 1 aromatic heterocycles. The van der Waals surface area contributed by atoms with Crippen LogP contribution in [-0.2, 0) is 9.47 Å². The number of hydrogen-bond acceptors (Lipinski definition) is 8. The van der Waals surface area contributed by atoms with Gasteiger partial charge in [-0.3, -0.25) is 0 Å². The second-order valence-electron chi connectivity index (χ2n) is 6.10. The zero-order valence-corrected chi connectivity index (χ0v) is 17.7. The molecular weight excluding hydrogens is 374 g/mol. The van der Waals surface area contributed by atoms with Gasteiger partial charge in [0.2, 0.25) is 0 Å². The Labute approximate surface area is 163 Å². The quantitative estimate of drug-likeness (QED) is 0.240. The third-order valence-corrected chi connectivity index (χ3v) is 6.06. The summed E-state index contributed by atoms with van der Waals surface area (Å²) in [5.41, 5.74) is 0.321. The maximum Gasteiger partial charge on any atom is 0.357 e. The van der Waals surface area contributed by atoms with E-state index in [9.17, 15) is 9.90 Å². The first-order valence-electron chi connectivity index (χ1n) is 8.66. The number of carbonyl (C=O) groups is 1. The number of pyridine rings is 1. The number of carbonyl (C=O) groups excluding carboxylic acids is 1. The summed E-state index contributed by atoms with van der Waals surface area (Å²) in [5.74, 6) is -0.0902. The van der Waals surface area contributed by atoms with E-state index in [-0.39, 0.29) is 22.7 Å². The van der Waals surface area contributed by atoms with Gasteiger partial charge in [0.05, 0.1) is 13.2 Å². The Bertz CT molecular complexity index is 569. The molecule has 0 aliphatic rings. The van der Waals surface area contributed by atoms with E-state index in [2.05, 4.69) is 25.1 Å². The van der Waals surface area contributed by atoms with E-state index < -0.39 is 12.3 Å². The Morgan fingerprint density at radius 3 is 2.65 bits per heavy atom. The Balaban J connectivity index is 2.80. The smallest absolute Gasteiger partial charge is 0.357 e. The van der Waals surface area contributed by atoms with E-state index in [1.54, 1.807) is 30.7 Å². The molecule has 0 saturated heterocycles. The molecule has 0 saturated carbocycles. The fraction of sp³-hybridized carbons (Fsp3) is 0.667. The van der Waals surface area contributed by atoms with Crippen molar-refractivity contribution in [3.8, 4) is 5.75 Å². The molecule has 6 nitrogen and oxygen atoms in total. The molecule has 0 fully saturated rings. The minimum absolute atomic E-state index is 0.0939. The molecule has 0 amide bonds. The summed E-state index contributed by atoms with van der Waals surface area (Å²) < 4.78 is 16.1. The van der Waals surface area contributed by atoms with E-state index in [0.717, 1.165) is 12.8 Å². The fourth-order valence-electron chi connectivity index (χ4n) is 2.24. The summed E-state index contributed by atoms with van der Waals surface area (Å²) >= 11 is 0. The average Bonchev–Trinajstić information content (AvgIpc) is 2.59. The Morgan fingerprint density at radius 1 is 1.31 bits per heavy atom. The Hall–Kier alpha value is -0.960. The summed E-state index contributed by atoms with van der Waals surface area (Å²) in [7, 11) is 3.60. The van der Waals surface area contributed by atoms with Crippen molar-refractivity contribution in [2.24, 2.45) is 0 Å². The molecule has 1 rings (SSSR count). The lowest BCUT2D eigenvalue weighted by atomic mass is 10.1. The van der Waals surface area contributed by atoms with Crippen molar-refractivity contribution in [2.45, 2.75) is 51.6 Å². The summed E-state index contributed by atoms with van der Waals surface area (Å²) in [4.78, 5) is 16.1. The average molecular weight is 404 g/mol. The molecule has 1 aromatic rings. The van der Waals surface area contributed by atoms with Gasteiger partial charge in [0.1, 0.15) is 11.4 Å². The SMILES string of the molecule is CCOC(=O)c1cc(OCCCC(C)(C)SSC)cc(C(O)OCC)n1. The molecule has 8 heteroatoms. The largest absolute Gasteiger partial charge is 0.493 e. The minimum Gasteiger partial charge on any atom is -0.493 e. The van der Waals surface area contributed by atoms with Crippen LogP contribution < -0.4 is 4.74 Å². The second-order valence-corrected chi connectivity index (χ2v) is 9.21. The van der Waals surface area contributed by atoms with Gasteiger partial charge in [-0.2, -0.15) is 0 Å². The van der Waals surface area contributed by atoms with Crippen LogP contribution in [0.3, 0.4) is 0 Å². The minimum atomic E-state index is -1.21. The summed E-state index contributed by atoms with van der Waals surface area (Å²) in [6, 6.07) is 3.12. The highest BCUT2D eigenvalue weighted by Gasteiger charge is 2.19. The van der Waals surface area contributed by atoms with E-state index in [1.807, 2.05) is 10.8 Å². The number of aliphatic hydroxyl groups is 1. The summed E-state index contributed by atoms with van der Waals surface area (Å²) in [6.45, 7) is 8.98. The third kappa shape index (κ3) is 8.16. The molecular formula is C18H29NO5S2. The predicted octanol–water partition coefficient (Wildman–Crippen LogP) is 4.23. The lowest BCUT2D eigenvalue weighted by Gasteiger charge is -2.22. The van der Waals surface area contributed by atoms with Crippen LogP contribution in [0, 0.1) is 0 Å². The molecule has 0 bridgehead atoms. The molecule has 0 radical (unpaired) electrons. The predicted molar refractivity (Wildman–Crippen MR) is 107 cm³/mol. The first-order chi connectivity index (χ1) is 12.3. The lowest BCUT2D eigenvalue weighted by molar-refractivity contribution is -0.101. The normalized spacial score (nSPS) is 12.7. The van der Waals surface area contributed by atoms with Crippen LogP contribution in [0.1, 0.15) is 63.0 Å². The van der Waals surface area contributed by atoms with E-state index in [0.29, 0.717) is 19.0 Å². The first-order valence-corrected chi connectivity index (χ1v) is 11.2. The van der Waals surface area contributed by atoms with Crippen molar-refractivity contribution in [2.75, 3.05) is 26.1 Å². The van der Waals surface area contributed by atoms with E-state index in [4.69, 9.17) is 14.2 Å². The molecule has 1 heterocycles. The molecule has 1 N–H and O–H groups in total. The number of esters is 1. The monoisotopic (exact) mass is 403 g/mol. The van der Waals surface area contributed by atoms with Gasteiger partial charge in [0.25, 0.3) is 0 Å². The highest BCUT2D eigenvalue weighted by atomic mass is 33.1. The second kappa shape index (κ2) is 11.7. The molecule has 0 aliphatic carbocycles. The number of ether oxygens (including phenoxy) is 3. The van der Waals surface area contributed by atoms with Crippen molar-refractivity contribution < 1.29 is 24.1 Å². The zero-order valence-electron chi connectivity index (χ0n) is 16.1. The molecule has 0 spiro atoms. The highest BCUT2D eigenvalue weighted by molar-refractivity contribution is 8.76. The highest BCUT2D eigenvalue weighted by Crippen LogP contribution is 2.37. The number of hydrogen-bond donors (Lipinski definition) is 1. The molecule has 148 valence electrons. The van der Waals surface area contributed by atoms with E-state index >= 15 is 0 Å². The Morgan fingerprint density at radius 2 is 2.04 bits per heavy atom. The van der Waals surface area contributed by atoms with Crippen LogP contribution in [0.5, 0.6) is 5.75 Å². The maximum atomic E-state index is 12.0. The van der Waals surface area contributed by atoms with Crippen LogP contribution in [0.2, 0.25) is 0 Å². The first kappa shape index (κ1) is 23.1. The van der Waals surface area contributed by atoms with Gasteiger partial charge in [0, 0.05) is 23.5 Å². The standard InChI is InChI=1S/C18H29NO5S2/c1-6-22-16(20)14-11-13(12-15(19-14)17(21)23-7-2)24-10-8-9-18(3,4)26-25-5/h11-12,16,20H,6-10H2,1-5H3. The number of rotatable bonds is 12. The lowest BCUT2D eigenvalue weighted by Crippen LogP contribution is -2.15. The topological polar surface area (TPSA) is 77.9 Å². The molecule has 1 unspecified atom stereocenters. The van der Waals surface area contributed by atoms with Gasteiger partial charge in [0.15, 0.2) is 12.0 Å². The van der Waals surface area contributed by atoms with Crippen LogP contribution in [0.4, 0.5) is 0 Å². The van der Waals surface area contributed by atoms with Crippen molar-refractivity contribution in [1.82, 2.24) is 4.98 Å². The molecule has 1 atom stereocenters. The van der Waals surface area contributed by atoms with Crippen molar-refractivity contribution >= 4 is 27.6 Å². The molecule has 0 aliphatic heterocycles. The fourth-order valence-corrected chi connectivity index (χ4v) is 4.53. The maximum absolute atomic E-state index is 12.0. The van der Waals surface area contributed by atoms with Gasteiger partial charge in [-0.05, 0) is 46.8 Å². The van der Waals surface area contributed by atoms with Gasteiger partial charge >= 0.3 is 5.97 Å². The van der Waals surface area contributed by atoms with Gasteiger partial charge < -0.3 is 19.3 Å². The van der Waals surface area contributed by atoms with Gasteiger partial charge in [-0.1, -0.05) is 21.6 Å². The number of nitrogens with zero attached hydrogens (tertiary/aromatic N) is 1. The Kier molecular flexibility index (Phi) is 10.4. The zero-order chi connectivity index (χ0) is 19.6. The molecule has 26 heavy (non-hydrogen) atoms. The van der Waals surface area contributed by atoms with Crippen molar-refractivity contribution in [1.29, 1.82) is 0 Å². The summed E-state index contributed by atoms with van der Waals surface area (Å²) in [5, 5.41) is 10.0. The number of aliphatic hydroxyl groups excluding tert-OH is 1. The van der Waals surface area contributed by atoms with Crippen LogP contribution >= 0.6 is 21.6 Å². The van der Waals surface area contributed by atoms with Crippen LogP contribution in [0.25, 0.3) is 0 Å². The van der Waals surface area contributed by atoms with E-state index in [1.165, 1.54) is 6.07 Å². The summed E-state index contributed by atoms with van der Waals surface area (Å²) in [6.07, 6.45) is 2.74. The third-order valence-electron chi connectivity index (χ3n) is 3.38. The van der Waals surface area contributed by atoms with Crippen molar-refractivity contribution in [3.63, 3.8) is 0 Å². The number of aromatic nitrogens is 1. The van der Waals surface area contributed by atoms with Crippen LogP contribution in [-0.4, -0.2) is 46.9 Å². The van der Waals surface area contributed by atoms with Gasteiger partial charge in [-0.25, -0.2) is 9.78 Å². The van der Waals surface area contributed by atoms with Gasteiger partial charge in [-0.15, -0.1) is 0 Å². The van der Waals surface area contributed by atoms with Crippen molar-refractivity contribution in [3.05, 3.63) is 23.5 Å². The molecule has 0 aromatic carbocycles.